The topological polar surface area (TPSA) is 104 Å². The number of likely N-dealkylation sites (tertiary alicyclic amines) is 1. The minimum atomic E-state index is -0.746. The number of carbonyl (C=O) groups excluding carboxylic acids is 2. The van der Waals surface area contributed by atoms with Crippen molar-refractivity contribution in [1.29, 1.82) is 0 Å². The molecule has 1 N–H and O–H groups in total. The molecule has 0 spiro atoms. The maximum Gasteiger partial charge on any atom is 0.295 e. The van der Waals surface area contributed by atoms with Gasteiger partial charge in [-0.2, -0.15) is 0 Å². The van der Waals surface area contributed by atoms with E-state index in [4.69, 9.17) is 0 Å². The van der Waals surface area contributed by atoms with Gasteiger partial charge >= 0.3 is 0 Å². The zero-order valence-electron chi connectivity index (χ0n) is 16.1. The Bertz CT molecular complexity index is 951. The van der Waals surface area contributed by atoms with E-state index in [0.717, 1.165) is 11.4 Å². The van der Waals surface area contributed by atoms with Gasteiger partial charge in [0.25, 0.3) is 17.4 Å². The summed E-state index contributed by atoms with van der Waals surface area (Å²) in [6.07, 6.45) is 0.680. The molecule has 1 fully saturated rings. The highest BCUT2D eigenvalue weighted by Gasteiger charge is 2.46. The van der Waals surface area contributed by atoms with E-state index in [-0.39, 0.29) is 22.6 Å². The van der Waals surface area contributed by atoms with Gasteiger partial charge in [0.05, 0.1) is 16.5 Å². The van der Waals surface area contributed by atoms with E-state index in [2.05, 4.69) is 0 Å². The molecule has 1 aliphatic rings. The zero-order valence-corrected chi connectivity index (χ0v) is 16.9. The Morgan fingerprint density at radius 1 is 1.24 bits per heavy atom. The number of Topliss-reactive ketones (excluding diaryl/α,β-unsaturated/α-hetero) is 1. The van der Waals surface area contributed by atoms with Crippen LogP contribution in [0.25, 0.3) is 5.76 Å². The summed E-state index contributed by atoms with van der Waals surface area (Å²) in [5.74, 6) is -1.72. The molecule has 29 heavy (non-hydrogen) atoms. The van der Waals surface area contributed by atoms with Crippen LogP contribution in [0.5, 0.6) is 0 Å². The Balaban J connectivity index is 2.02. The molecule has 1 atom stereocenters. The number of non-ortho nitro benzene ring substituents is 1. The number of benzene rings is 1. The van der Waals surface area contributed by atoms with Crippen LogP contribution >= 0.6 is 11.3 Å². The molecule has 1 aliphatic heterocycles. The number of ketones is 1. The molecule has 0 aliphatic carbocycles. The lowest BCUT2D eigenvalue weighted by Crippen LogP contribution is -2.32. The summed E-state index contributed by atoms with van der Waals surface area (Å²) >= 11 is 1.40. The summed E-state index contributed by atoms with van der Waals surface area (Å²) in [5, 5.41) is 23.5. The highest BCUT2D eigenvalue weighted by atomic mass is 32.1. The SMILES string of the molecule is CN(C)CCCN1C(=O)C(=O)/C(=C(\O)c2ccc([N+](=O)[O-])cc2)C1c1cccs1. The number of thiophene rings is 1. The van der Waals surface area contributed by atoms with Crippen LogP contribution in [0, 0.1) is 10.1 Å². The van der Waals surface area contributed by atoms with E-state index >= 15 is 0 Å². The Morgan fingerprint density at radius 3 is 2.48 bits per heavy atom. The van der Waals surface area contributed by atoms with Crippen LogP contribution < -0.4 is 0 Å². The standard InChI is InChI=1S/C20H21N3O5S/c1-21(2)10-4-11-22-17(15-5-3-12-29-15)16(19(25)20(22)26)18(24)13-6-8-14(9-7-13)23(27)28/h3,5-9,12,17,24H,4,10-11H2,1-2H3/b18-16-. The molecule has 1 aromatic carbocycles. The lowest BCUT2D eigenvalue weighted by Gasteiger charge is -2.24. The number of aliphatic hydroxyl groups is 1. The van der Waals surface area contributed by atoms with E-state index in [0.29, 0.717) is 13.0 Å². The van der Waals surface area contributed by atoms with Gasteiger partial charge in [0.2, 0.25) is 0 Å². The molecule has 2 aromatic rings. The number of rotatable bonds is 7. The van der Waals surface area contributed by atoms with Crippen LogP contribution in [0.3, 0.4) is 0 Å². The van der Waals surface area contributed by atoms with Gasteiger partial charge in [-0.25, -0.2) is 0 Å². The predicted molar refractivity (Wildman–Crippen MR) is 110 cm³/mol. The molecular weight excluding hydrogens is 394 g/mol. The summed E-state index contributed by atoms with van der Waals surface area (Å²) in [7, 11) is 3.86. The van der Waals surface area contributed by atoms with Crippen molar-refractivity contribution >= 4 is 34.5 Å². The summed E-state index contributed by atoms with van der Waals surface area (Å²) in [5.41, 5.74) is 0.139. The summed E-state index contributed by atoms with van der Waals surface area (Å²) < 4.78 is 0. The average molecular weight is 415 g/mol. The molecule has 152 valence electrons. The highest BCUT2D eigenvalue weighted by Crippen LogP contribution is 2.41. The van der Waals surface area contributed by atoms with Crippen molar-refractivity contribution in [2.45, 2.75) is 12.5 Å². The Morgan fingerprint density at radius 2 is 1.93 bits per heavy atom. The van der Waals surface area contributed by atoms with Crippen LogP contribution in [0.1, 0.15) is 22.9 Å². The van der Waals surface area contributed by atoms with Crippen LogP contribution in [0.15, 0.2) is 47.4 Å². The van der Waals surface area contributed by atoms with Gasteiger partial charge in [0.15, 0.2) is 0 Å². The van der Waals surface area contributed by atoms with Gasteiger partial charge in [-0.3, -0.25) is 19.7 Å². The molecule has 1 aromatic heterocycles. The summed E-state index contributed by atoms with van der Waals surface area (Å²) in [6, 6.07) is 8.23. The zero-order chi connectivity index (χ0) is 21.1. The van der Waals surface area contributed by atoms with Crippen LogP contribution in [0.4, 0.5) is 5.69 Å². The number of aliphatic hydroxyl groups excluding tert-OH is 1. The van der Waals surface area contributed by atoms with Gasteiger partial charge < -0.3 is 14.9 Å². The molecule has 8 nitrogen and oxygen atoms in total. The monoisotopic (exact) mass is 415 g/mol. The van der Waals surface area contributed by atoms with Crippen LogP contribution in [-0.2, 0) is 9.59 Å². The number of nitro groups is 1. The van der Waals surface area contributed by atoms with E-state index < -0.39 is 22.7 Å². The van der Waals surface area contributed by atoms with E-state index in [1.54, 1.807) is 0 Å². The normalized spacial score (nSPS) is 18.6. The van der Waals surface area contributed by atoms with E-state index in [9.17, 15) is 24.8 Å². The first-order valence-corrected chi connectivity index (χ1v) is 9.90. The third kappa shape index (κ3) is 4.20. The number of nitrogens with zero attached hydrogens (tertiary/aromatic N) is 3. The number of hydrogen-bond donors (Lipinski definition) is 1. The highest BCUT2D eigenvalue weighted by molar-refractivity contribution is 7.10. The maximum atomic E-state index is 12.8. The van der Waals surface area contributed by atoms with Gasteiger partial charge in [-0.05, 0) is 50.6 Å². The van der Waals surface area contributed by atoms with Gasteiger partial charge in [0, 0.05) is 29.1 Å². The van der Waals surface area contributed by atoms with Crippen molar-refractivity contribution < 1.29 is 19.6 Å². The molecular formula is C20H21N3O5S. The first-order chi connectivity index (χ1) is 13.8. The Hall–Kier alpha value is -3.04. The molecule has 1 unspecified atom stereocenters. The second kappa shape index (κ2) is 8.54. The first kappa shape index (κ1) is 20.7. The van der Waals surface area contributed by atoms with E-state index in [1.165, 1.54) is 40.5 Å². The molecule has 0 saturated carbocycles. The Kier molecular flexibility index (Phi) is 6.09. The summed E-state index contributed by atoms with van der Waals surface area (Å²) in [6.45, 7) is 1.13. The molecule has 0 radical (unpaired) electrons. The average Bonchev–Trinajstić information content (AvgIpc) is 3.29. The van der Waals surface area contributed by atoms with Crippen molar-refractivity contribution in [2.75, 3.05) is 27.2 Å². The van der Waals surface area contributed by atoms with Gasteiger partial charge in [-0.15, -0.1) is 11.3 Å². The Labute approximate surface area is 171 Å². The molecule has 2 heterocycles. The number of amides is 1. The van der Waals surface area contributed by atoms with Crippen LogP contribution in [0.2, 0.25) is 0 Å². The lowest BCUT2D eigenvalue weighted by atomic mass is 9.99. The quantitative estimate of drug-likeness (QED) is 0.245. The van der Waals surface area contributed by atoms with E-state index in [1.807, 2.05) is 36.5 Å². The minimum Gasteiger partial charge on any atom is -0.507 e. The largest absolute Gasteiger partial charge is 0.507 e. The molecule has 1 amide bonds. The number of carbonyl (C=O) groups is 2. The second-order valence-corrected chi connectivity index (χ2v) is 7.95. The predicted octanol–water partition coefficient (Wildman–Crippen LogP) is 3.03. The number of hydrogen-bond acceptors (Lipinski definition) is 7. The molecule has 1 saturated heterocycles. The molecule has 3 rings (SSSR count). The third-order valence-corrected chi connectivity index (χ3v) is 5.63. The minimum absolute atomic E-state index is 0.0103. The fourth-order valence-corrected chi connectivity index (χ4v) is 4.15. The maximum absolute atomic E-state index is 12.8. The fraction of sp³-hybridized carbons (Fsp3) is 0.300. The van der Waals surface area contributed by atoms with Gasteiger partial charge in [-0.1, -0.05) is 6.07 Å². The number of nitro benzene ring substituents is 1. The van der Waals surface area contributed by atoms with Crippen molar-refractivity contribution in [3.63, 3.8) is 0 Å². The smallest absolute Gasteiger partial charge is 0.295 e. The molecule has 9 heteroatoms. The fourth-order valence-electron chi connectivity index (χ4n) is 3.31. The third-order valence-electron chi connectivity index (χ3n) is 4.71. The molecule has 0 bridgehead atoms. The summed E-state index contributed by atoms with van der Waals surface area (Å²) in [4.78, 5) is 40.1. The first-order valence-electron chi connectivity index (χ1n) is 9.02. The van der Waals surface area contributed by atoms with Gasteiger partial charge in [0.1, 0.15) is 5.76 Å². The van der Waals surface area contributed by atoms with Crippen molar-refractivity contribution in [3.05, 3.63) is 67.9 Å². The lowest BCUT2D eigenvalue weighted by molar-refractivity contribution is -0.384. The van der Waals surface area contributed by atoms with Crippen molar-refractivity contribution in [1.82, 2.24) is 9.80 Å². The van der Waals surface area contributed by atoms with Crippen molar-refractivity contribution in [3.8, 4) is 0 Å². The van der Waals surface area contributed by atoms with Crippen molar-refractivity contribution in [2.24, 2.45) is 0 Å². The second-order valence-electron chi connectivity index (χ2n) is 6.97. The van der Waals surface area contributed by atoms with Crippen LogP contribution in [-0.4, -0.2) is 58.7 Å².